The molecule has 19 heteroatoms. The summed E-state index contributed by atoms with van der Waals surface area (Å²) < 4.78 is 7.73. The van der Waals surface area contributed by atoms with E-state index in [9.17, 15) is 25.2 Å². The van der Waals surface area contributed by atoms with E-state index in [4.69, 9.17) is 14.7 Å². The van der Waals surface area contributed by atoms with Crippen LogP contribution in [-0.4, -0.2) is 109 Å². The van der Waals surface area contributed by atoms with E-state index in [1.807, 2.05) is 36.1 Å². The van der Waals surface area contributed by atoms with Gasteiger partial charge in [0.15, 0.2) is 29.3 Å². The molecule has 2 amide bonds. The van der Waals surface area contributed by atoms with Crippen LogP contribution >= 0.6 is 0 Å². The van der Waals surface area contributed by atoms with Crippen LogP contribution in [0.4, 0.5) is 22.2 Å². The van der Waals surface area contributed by atoms with Gasteiger partial charge in [-0.2, -0.15) is 14.8 Å². The maximum absolute atomic E-state index is 12.8. The molecule has 0 aliphatic carbocycles. The van der Waals surface area contributed by atoms with E-state index >= 15 is 0 Å². The zero-order valence-corrected chi connectivity index (χ0v) is 29.6. The molecule has 0 saturated carbocycles. The summed E-state index contributed by atoms with van der Waals surface area (Å²) in [5.74, 6) is 0.902. The standard InChI is InChI=1S/C36H39N13O6/c1-2-49-45-32(44-46-49)30-28(52)29(53)34(55-30)48-19-39-27-31(38-17-26(20-5-9-24(50)10-6-20)21-7-11-25(51)12-8-21)42-35(43-33(27)48)47-15-13-23(18-47)41-36(54)40-22-4-3-14-37-16-22/h3-12,14,16,19,23,26,28-30,34,50-53H,2,13,15,17-18H2,1H3,(H,38,42,43)(H2,40,41,54)/t23-,28-,29+,30-,34+/m0/s1. The summed E-state index contributed by atoms with van der Waals surface area (Å²) in [6.45, 7) is 3.58. The lowest BCUT2D eigenvalue weighted by Crippen LogP contribution is -2.40. The number of urea groups is 1. The monoisotopic (exact) mass is 749 g/mol. The van der Waals surface area contributed by atoms with Crippen molar-refractivity contribution in [3.05, 3.63) is 96.3 Å². The molecule has 55 heavy (non-hydrogen) atoms. The van der Waals surface area contributed by atoms with Gasteiger partial charge in [0.05, 0.1) is 24.8 Å². The van der Waals surface area contributed by atoms with Crippen LogP contribution in [0, 0.1) is 0 Å². The van der Waals surface area contributed by atoms with Gasteiger partial charge in [-0.3, -0.25) is 9.55 Å². The van der Waals surface area contributed by atoms with Crippen molar-refractivity contribution < 1.29 is 30.0 Å². The Morgan fingerprint density at radius 3 is 2.42 bits per heavy atom. The molecule has 0 bridgehead atoms. The van der Waals surface area contributed by atoms with Crippen LogP contribution < -0.4 is 20.9 Å². The highest BCUT2D eigenvalue weighted by molar-refractivity contribution is 5.89. The van der Waals surface area contributed by atoms with Crippen molar-refractivity contribution in [2.75, 3.05) is 35.2 Å². The summed E-state index contributed by atoms with van der Waals surface area (Å²) in [4.78, 5) is 34.6. The Labute approximate surface area is 313 Å². The predicted molar refractivity (Wildman–Crippen MR) is 197 cm³/mol. The zero-order chi connectivity index (χ0) is 38.1. The molecule has 19 nitrogen and oxygen atoms in total. The quantitative estimate of drug-likeness (QED) is 0.100. The number of aliphatic hydroxyl groups excluding tert-OH is 2. The van der Waals surface area contributed by atoms with Gasteiger partial charge in [0, 0.05) is 37.8 Å². The van der Waals surface area contributed by atoms with E-state index in [0.29, 0.717) is 61.2 Å². The van der Waals surface area contributed by atoms with Crippen LogP contribution in [0.3, 0.4) is 0 Å². The Morgan fingerprint density at radius 1 is 1.00 bits per heavy atom. The molecule has 2 aliphatic rings. The van der Waals surface area contributed by atoms with Crippen molar-refractivity contribution in [2.24, 2.45) is 0 Å². The van der Waals surface area contributed by atoms with Crippen LogP contribution in [0.25, 0.3) is 11.2 Å². The number of phenolic OH excluding ortho intramolecular Hbond substituents is 2. The molecule has 4 aromatic heterocycles. The molecule has 6 heterocycles. The van der Waals surface area contributed by atoms with Crippen molar-refractivity contribution in [3.63, 3.8) is 0 Å². The van der Waals surface area contributed by atoms with Crippen molar-refractivity contribution in [3.8, 4) is 11.5 Å². The van der Waals surface area contributed by atoms with Crippen LogP contribution in [0.5, 0.6) is 11.5 Å². The third kappa shape index (κ3) is 7.39. The molecule has 2 aliphatic heterocycles. The summed E-state index contributed by atoms with van der Waals surface area (Å²) >= 11 is 0. The summed E-state index contributed by atoms with van der Waals surface area (Å²) in [5, 5.41) is 63.8. The van der Waals surface area contributed by atoms with Gasteiger partial charge >= 0.3 is 6.03 Å². The number of tetrazole rings is 1. The Morgan fingerprint density at radius 2 is 1.75 bits per heavy atom. The Kier molecular flexibility index (Phi) is 9.79. The Hall–Kier alpha value is -6.44. The van der Waals surface area contributed by atoms with Gasteiger partial charge in [-0.25, -0.2) is 9.78 Å². The third-order valence-electron chi connectivity index (χ3n) is 9.72. The first-order valence-electron chi connectivity index (χ1n) is 17.8. The highest BCUT2D eigenvalue weighted by atomic mass is 16.6. The highest BCUT2D eigenvalue weighted by Gasteiger charge is 2.47. The SMILES string of the molecule is CCn1nnc([C@H]2O[C@@H](n3cnc4c(NCC(c5ccc(O)cc5)c5ccc(O)cc5)nc(N5CC[C@H](NC(=O)Nc6cccnc6)C5)nc43)[C@H](O)[C@@H]2O)n1. The molecule has 6 aromatic rings. The van der Waals surface area contributed by atoms with Crippen molar-refractivity contribution >= 4 is 34.6 Å². The van der Waals surface area contributed by atoms with Crippen LogP contribution in [0.1, 0.15) is 48.5 Å². The fraction of sp³-hybridized carbons (Fsp3) is 0.333. The number of aromatic hydroxyl groups is 2. The lowest BCUT2D eigenvalue weighted by molar-refractivity contribution is -0.0384. The molecule has 2 saturated heterocycles. The molecular formula is C36H39N13O6. The number of ether oxygens (including phenoxy) is 1. The average Bonchev–Trinajstić information content (AvgIpc) is 4.01. The minimum atomic E-state index is -1.39. The number of amides is 2. The number of aryl methyl sites for hydroxylation is 1. The molecule has 284 valence electrons. The normalized spacial score (nSPS) is 21.0. The first kappa shape index (κ1) is 35.6. The summed E-state index contributed by atoms with van der Waals surface area (Å²) in [7, 11) is 0. The van der Waals surface area contributed by atoms with Crippen molar-refractivity contribution in [2.45, 2.75) is 56.4 Å². The smallest absolute Gasteiger partial charge is 0.319 e. The number of nitrogens with one attached hydrogen (secondary N) is 3. The minimum Gasteiger partial charge on any atom is -0.508 e. The number of carbonyl (C=O) groups is 1. The topological polar surface area (TPSA) is 247 Å². The number of rotatable bonds is 11. The molecule has 0 spiro atoms. The third-order valence-corrected chi connectivity index (χ3v) is 9.72. The fourth-order valence-electron chi connectivity index (χ4n) is 6.85. The number of hydrogen-bond donors (Lipinski definition) is 7. The number of phenols is 2. The zero-order valence-electron chi connectivity index (χ0n) is 29.6. The van der Waals surface area contributed by atoms with E-state index in [1.165, 1.54) is 11.1 Å². The maximum Gasteiger partial charge on any atom is 0.319 e. The number of imidazole rings is 1. The highest BCUT2D eigenvalue weighted by Crippen LogP contribution is 2.39. The van der Waals surface area contributed by atoms with Crippen molar-refractivity contribution in [1.82, 2.24) is 50.0 Å². The van der Waals surface area contributed by atoms with E-state index in [2.05, 4.69) is 41.3 Å². The van der Waals surface area contributed by atoms with Crippen LogP contribution in [-0.2, 0) is 11.3 Å². The van der Waals surface area contributed by atoms with Gasteiger partial charge in [0.25, 0.3) is 0 Å². The van der Waals surface area contributed by atoms with E-state index in [1.54, 1.807) is 53.4 Å². The first-order valence-corrected chi connectivity index (χ1v) is 17.8. The van der Waals surface area contributed by atoms with Crippen LogP contribution in [0.15, 0.2) is 79.4 Å². The van der Waals surface area contributed by atoms with Crippen LogP contribution in [0.2, 0.25) is 0 Å². The molecule has 2 aromatic carbocycles. The number of nitrogens with zero attached hydrogens (tertiary/aromatic N) is 10. The Bertz CT molecular complexity index is 2210. The maximum atomic E-state index is 12.8. The van der Waals surface area contributed by atoms with Gasteiger partial charge in [0.1, 0.15) is 23.7 Å². The van der Waals surface area contributed by atoms with Gasteiger partial charge in [-0.1, -0.05) is 24.3 Å². The van der Waals surface area contributed by atoms with E-state index in [-0.39, 0.29) is 35.3 Å². The summed E-state index contributed by atoms with van der Waals surface area (Å²) in [5.41, 5.74) is 3.08. The number of hydrogen-bond acceptors (Lipinski definition) is 15. The van der Waals surface area contributed by atoms with E-state index < -0.39 is 24.5 Å². The summed E-state index contributed by atoms with van der Waals surface area (Å²) in [6.07, 6.45) is 0.359. The number of benzene rings is 2. The molecule has 0 unspecified atom stereocenters. The fourth-order valence-corrected chi connectivity index (χ4v) is 6.85. The number of aromatic nitrogens is 9. The average molecular weight is 750 g/mol. The first-order chi connectivity index (χ1) is 26.7. The van der Waals surface area contributed by atoms with Gasteiger partial charge < -0.3 is 46.0 Å². The number of fused-ring (bicyclic) bond motifs is 1. The molecule has 5 atom stereocenters. The predicted octanol–water partition coefficient (Wildman–Crippen LogP) is 2.28. The Balaban J connectivity index is 1.11. The lowest BCUT2D eigenvalue weighted by atomic mass is 9.91. The van der Waals surface area contributed by atoms with Gasteiger partial charge in [0.2, 0.25) is 11.8 Å². The second kappa shape index (κ2) is 15.1. The van der Waals surface area contributed by atoms with Gasteiger partial charge in [-0.15, -0.1) is 10.2 Å². The van der Waals surface area contributed by atoms with E-state index in [0.717, 1.165) is 11.1 Å². The van der Waals surface area contributed by atoms with Gasteiger partial charge in [-0.05, 0) is 66.1 Å². The molecule has 2 fully saturated rings. The second-order valence-corrected chi connectivity index (χ2v) is 13.3. The molecule has 7 N–H and O–H groups in total. The summed E-state index contributed by atoms with van der Waals surface area (Å²) in [6, 6.07) is 16.7. The number of pyridine rings is 1. The number of anilines is 3. The second-order valence-electron chi connectivity index (χ2n) is 13.3. The lowest BCUT2D eigenvalue weighted by Gasteiger charge is -2.22. The minimum absolute atomic E-state index is 0.135. The number of carbonyl (C=O) groups excluding carboxylic acids is 1. The molecule has 0 radical (unpaired) electrons. The number of aliphatic hydroxyl groups is 2. The largest absolute Gasteiger partial charge is 0.508 e. The molecule has 8 rings (SSSR count). The van der Waals surface area contributed by atoms with Crippen molar-refractivity contribution in [1.29, 1.82) is 0 Å². The molecular weight excluding hydrogens is 710 g/mol.